The van der Waals surface area contributed by atoms with Gasteiger partial charge in [0.1, 0.15) is 13.2 Å². The lowest BCUT2D eigenvalue weighted by molar-refractivity contribution is -0.167. The summed E-state index contributed by atoms with van der Waals surface area (Å²) in [5.74, 6) is -1.01. The molecule has 0 radical (unpaired) electrons. The van der Waals surface area contributed by atoms with Crippen molar-refractivity contribution in [3.63, 3.8) is 0 Å². The molecule has 0 N–H and O–H groups in total. The second-order valence-corrected chi connectivity index (χ2v) is 15.4. The van der Waals surface area contributed by atoms with E-state index in [1.165, 1.54) is 70.6 Å². The van der Waals surface area contributed by atoms with Gasteiger partial charge in [-0.1, -0.05) is 214 Å². The molecule has 6 heteroatoms. The van der Waals surface area contributed by atoms with Gasteiger partial charge in [-0.05, 0) is 64.2 Å². The van der Waals surface area contributed by atoms with Crippen LogP contribution in [0.25, 0.3) is 0 Å². The monoisotopic (exact) mass is 819 g/mol. The van der Waals surface area contributed by atoms with E-state index in [2.05, 4.69) is 63.3 Å². The van der Waals surface area contributed by atoms with Crippen LogP contribution in [0.15, 0.2) is 97.2 Å². The van der Waals surface area contributed by atoms with Gasteiger partial charge in [-0.15, -0.1) is 0 Å². The van der Waals surface area contributed by atoms with Crippen LogP contribution in [0.5, 0.6) is 0 Å². The van der Waals surface area contributed by atoms with Crippen molar-refractivity contribution in [3.05, 3.63) is 97.2 Å². The summed E-state index contributed by atoms with van der Waals surface area (Å²) < 4.78 is 16.7. The molecule has 0 bridgehead atoms. The van der Waals surface area contributed by atoms with Crippen molar-refractivity contribution < 1.29 is 28.6 Å². The van der Waals surface area contributed by atoms with Crippen molar-refractivity contribution in [2.75, 3.05) is 13.2 Å². The van der Waals surface area contributed by atoms with E-state index >= 15 is 0 Å². The van der Waals surface area contributed by atoms with E-state index in [0.29, 0.717) is 19.3 Å². The Morgan fingerprint density at radius 1 is 0.373 bits per heavy atom. The fraction of sp³-hybridized carbons (Fsp3) is 0.642. The largest absolute Gasteiger partial charge is 0.462 e. The molecule has 0 aliphatic carbocycles. The highest BCUT2D eigenvalue weighted by Crippen LogP contribution is 2.14. The second kappa shape index (κ2) is 47.0. The standard InChI is InChI=1S/C53H86O6/c1-4-7-10-13-16-19-22-25-28-31-34-37-40-43-46-52(55)58-49-50(48-57-51(54)45-42-39-36-33-30-27-24-21-18-15-12-9-6-3)59-53(56)47-44-41-38-35-32-29-26-23-20-17-14-11-8-5-2/h7,9-10,12,15-16,18-19,21,24-25,27-28,30,33,36,50H,4-6,8,11,13-14,17,20,22-23,26,29,31-32,34-35,37-49H2,1-3H3/b10-7-,12-9-,18-15-,19-16-,24-21-,28-25-,30-27-,36-33-. The van der Waals surface area contributed by atoms with Crippen molar-refractivity contribution in [3.8, 4) is 0 Å². The minimum Gasteiger partial charge on any atom is -0.462 e. The first-order valence-electron chi connectivity index (χ1n) is 23.8. The number of carbonyl (C=O) groups excluding carboxylic acids is 3. The number of carbonyl (C=O) groups is 3. The van der Waals surface area contributed by atoms with Gasteiger partial charge in [0.05, 0.1) is 0 Å². The van der Waals surface area contributed by atoms with Crippen molar-refractivity contribution >= 4 is 17.9 Å². The fourth-order valence-electron chi connectivity index (χ4n) is 6.19. The smallest absolute Gasteiger partial charge is 0.306 e. The van der Waals surface area contributed by atoms with E-state index in [1.54, 1.807) is 0 Å². The zero-order valence-electron chi connectivity index (χ0n) is 38.0. The van der Waals surface area contributed by atoms with Gasteiger partial charge in [-0.25, -0.2) is 0 Å². The summed E-state index contributed by atoms with van der Waals surface area (Å²) >= 11 is 0. The van der Waals surface area contributed by atoms with Crippen LogP contribution >= 0.6 is 0 Å². The molecule has 334 valence electrons. The van der Waals surface area contributed by atoms with Gasteiger partial charge < -0.3 is 14.2 Å². The Morgan fingerprint density at radius 2 is 0.763 bits per heavy atom. The quantitative estimate of drug-likeness (QED) is 0.0201. The molecule has 59 heavy (non-hydrogen) atoms. The van der Waals surface area contributed by atoms with E-state index in [0.717, 1.165) is 83.5 Å². The highest BCUT2D eigenvalue weighted by Gasteiger charge is 2.19. The number of esters is 3. The average molecular weight is 819 g/mol. The highest BCUT2D eigenvalue weighted by molar-refractivity contribution is 5.71. The first-order valence-corrected chi connectivity index (χ1v) is 23.8. The van der Waals surface area contributed by atoms with E-state index in [1.807, 2.05) is 54.7 Å². The molecule has 0 fully saturated rings. The topological polar surface area (TPSA) is 78.9 Å². The summed E-state index contributed by atoms with van der Waals surface area (Å²) in [6.07, 6.45) is 61.1. The maximum absolute atomic E-state index is 12.8. The van der Waals surface area contributed by atoms with Crippen molar-refractivity contribution in [1.29, 1.82) is 0 Å². The van der Waals surface area contributed by atoms with Gasteiger partial charge in [0.2, 0.25) is 0 Å². The van der Waals surface area contributed by atoms with Gasteiger partial charge in [-0.2, -0.15) is 0 Å². The number of hydrogen-bond acceptors (Lipinski definition) is 6. The summed E-state index contributed by atoms with van der Waals surface area (Å²) in [6, 6.07) is 0. The zero-order valence-corrected chi connectivity index (χ0v) is 38.0. The normalized spacial score (nSPS) is 12.9. The van der Waals surface area contributed by atoms with Gasteiger partial charge in [0.25, 0.3) is 0 Å². The Balaban J connectivity index is 4.53. The van der Waals surface area contributed by atoms with Gasteiger partial charge in [0, 0.05) is 19.3 Å². The van der Waals surface area contributed by atoms with Crippen LogP contribution < -0.4 is 0 Å². The Bertz CT molecular complexity index is 1220. The summed E-state index contributed by atoms with van der Waals surface area (Å²) in [6.45, 7) is 6.28. The lowest BCUT2D eigenvalue weighted by atomic mass is 10.0. The molecule has 0 rings (SSSR count). The molecule has 0 aromatic carbocycles. The molecule has 0 heterocycles. The molecule has 0 aromatic heterocycles. The van der Waals surface area contributed by atoms with Crippen LogP contribution in [0.2, 0.25) is 0 Å². The maximum Gasteiger partial charge on any atom is 0.306 e. The third-order valence-corrected chi connectivity index (χ3v) is 9.71. The van der Waals surface area contributed by atoms with Crippen molar-refractivity contribution in [2.24, 2.45) is 0 Å². The number of rotatable bonds is 41. The Kier molecular flexibility index (Phi) is 44.1. The van der Waals surface area contributed by atoms with Crippen LogP contribution in [0.4, 0.5) is 0 Å². The molecule has 0 aliphatic heterocycles. The predicted octanol–water partition coefficient (Wildman–Crippen LogP) is 15.4. The Morgan fingerprint density at radius 3 is 1.29 bits per heavy atom. The van der Waals surface area contributed by atoms with Gasteiger partial charge >= 0.3 is 17.9 Å². The lowest BCUT2D eigenvalue weighted by Gasteiger charge is -2.18. The molecule has 0 aliphatic rings. The van der Waals surface area contributed by atoms with E-state index in [-0.39, 0.29) is 37.5 Å². The molecular formula is C53H86O6. The van der Waals surface area contributed by atoms with Crippen LogP contribution in [0.1, 0.15) is 201 Å². The first-order chi connectivity index (χ1) is 29.0. The minimum absolute atomic E-state index is 0.112. The van der Waals surface area contributed by atoms with E-state index in [4.69, 9.17) is 14.2 Å². The van der Waals surface area contributed by atoms with Crippen LogP contribution in [0, 0.1) is 0 Å². The molecule has 0 saturated heterocycles. The molecular weight excluding hydrogens is 733 g/mol. The fourth-order valence-corrected chi connectivity index (χ4v) is 6.19. The third kappa shape index (κ3) is 45.3. The second-order valence-electron chi connectivity index (χ2n) is 15.4. The molecule has 6 nitrogen and oxygen atoms in total. The first kappa shape index (κ1) is 55.3. The third-order valence-electron chi connectivity index (χ3n) is 9.71. The summed E-state index contributed by atoms with van der Waals surface area (Å²) in [5, 5.41) is 0. The molecule has 1 unspecified atom stereocenters. The lowest BCUT2D eigenvalue weighted by Crippen LogP contribution is -2.30. The Hall–Kier alpha value is -3.67. The van der Waals surface area contributed by atoms with Crippen LogP contribution in [-0.2, 0) is 28.6 Å². The zero-order chi connectivity index (χ0) is 43.0. The number of ether oxygens (including phenoxy) is 3. The molecule has 0 saturated carbocycles. The number of allylic oxidation sites excluding steroid dienone is 16. The average Bonchev–Trinajstić information content (AvgIpc) is 3.23. The van der Waals surface area contributed by atoms with E-state index in [9.17, 15) is 14.4 Å². The van der Waals surface area contributed by atoms with E-state index < -0.39 is 6.10 Å². The molecule has 1 atom stereocenters. The molecule has 0 aromatic rings. The minimum atomic E-state index is -0.813. The predicted molar refractivity (Wildman–Crippen MR) is 251 cm³/mol. The van der Waals surface area contributed by atoms with Gasteiger partial charge in [0.15, 0.2) is 6.10 Å². The molecule has 0 spiro atoms. The van der Waals surface area contributed by atoms with Crippen molar-refractivity contribution in [1.82, 2.24) is 0 Å². The molecule has 0 amide bonds. The maximum atomic E-state index is 12.8. The summed E-state index contributed by atoms with van der Waals surface area (Å²) in [4.78, 5) is 37.8. The number of hydrogen-bond donors (Lipinski definition) is 0. The van der Waals surface area contributed by atoms with Crippen LogP contribution in [-0.4, -0.2) is 37.2 Å². The van der Waals surface area contributed by atoms with Crippen LogP contribution in [0.3, 0.4) is 0 Å². The summed E-state index contributed by atoms with van der Waals surface area (Å²) in [5.41, 5.74) is 0. The van der Waals surface area contributed by atoms with Gasteiger partial charge in [-0.3, -0.25) is 14.4 Å². The summed E-state index contributed by atoms with van der Waals surface area (Å²) in [7, 11) is 0. The highest BCUT2D eigenvalue weighted by atomic mass is 16.6. The number of unbranched alkanes of at least 4 members (excludes halogenated alkanes) is 18. The Labute approximate surface area is 362 Å². The SMILES string of the molecule is CC\C=C/C=C\C=C/C=C\C=C/CCCC(=O)OCC(COC(=O)CCCCCC/C=C\C/C=C\C/C=C\CC)OC(=O)CCCCCCCCCCCCCCCC. The van der Waals surface area contributed by atoms with Crippen molar-refractivity contribution in [2.45, 2.75) is 207 Å².